The zero-order valence-electron chi connectivity index (χ0n) is 11.1. The number of H-pyrrole nitrogens is 1. The Bertz CT molecular complexity index is 775. The van der Waals surface area contributed by atoms with Crippen molar-refractivity contribution in [2.45, 2.75) is 26.2 Å². The maximum Gasteiger partial charge on any atom is 0.295 e. The van der Waals surface area contributed by atoms with Crippen molar-refractivity contribution in [1.29, 1.82) is 0 Å². The van der Waals surface area contributed by atoms with Crippen molar-refractivity contribution in [2.24, 2.45) is 5.11 Å². The van der Waals surface area contributed by atoms with Crippen LogP contribution in [0.5, 0.6) is 0 Å². The number of anilines is 1. The molecule has 1 amide bonds. The van der Waals surface area contributed by atoms with E-state index in [0.717, 1.165) is 4.52 Å². The number of aromatic amines is 1. The Balaban J connectivity index is 2.84. The number of aromatic nitrogens is 4. The molecule has 10 nitrogen and oxygen atoms in total. The van der Waals surface area contributed by atoms with Crippen LogP contribution in [0.2, 0.25) is 0 Å². The van der Waals surface area contributed by atoms with E-state index in [2.05, 4.69) is 30.6 Å². The van der Waals surface area contributed by atoms with E-state index in [4.69, 9.17) is 5.53 Å². The number of fused-ring (bicyclic) bond motifs is 1. The summed E-state index contributed by atoms with van der Waals surface area (Å²) in [5.41, 5.74) is 8.01. The van der Waals surface area contributed by atoms with Crippen LogP contribution < -0.4 is 10.9 Å². The number of amides is 1. The third-order valence-corrected chi connectivity index (χ3v) is 2.60. The van der Waals surface area contributed by atoms with Crippen molar-refractivity contribution < 1.29 is 4.79 Å². The van der Waals surface area contributed by atoms with Gasteiger partial charge < -0.3 is 5.32 Å². The summed E-state index contributed by atoms with van der Waals surface area (Å²) < 4.78 is 1.09. The van der Waals surface area contributed by atoms with Crippen LogP contribution in [0.3, 0.4) is 0 Å². The second-order valence-electron chi connectivity index (χ2n) is 5.05. The van der Waals surface area contributed by atoms with Gasteiger partial charge in [-0.3, -0.25) is 14.7 Å². The summed E-state index contributed by atoms with van der Waals surface area (Å²) in [5.74, 6) is -0.0166. The minimum Gasteiger partial charge on any atom is -0.324 e. The highest BCUT2D eigenvalue weighted by Gasteiger charge is 2.24. The van der Waals surface area contributed by atoms with Crippen LogP contribution >= 0.6 is 0 Å². The number of carbonyl (C=O) groups excluding carboxylic acids is 1. The molecule has 0 unspecified atom stereocenters. The minimum atomic E-state index is -0.493. The fourth-order valence-electron chi connectivity index (χ4n) is 1.70. The van der Waals surface area contributed by atoms with Gasteiger partial charge in [-0.1, -0.05) is 20.8 Å². The predicted octanol–water partition coefficient (Wildman–Crippen LogP) is 1.23. The van der Waals surface area contributed by atoms with E-state index < -0.39 is 11.0 Å². The van der Waals surface area contributed by atoms with Crippen molar-refractivity contribution in [1.82, 2.24) is 19.8 Å². The van der Waals surface area contributed by atoms with Gasteiger partial charge in [0, 0.05) is 10.3 Å². The number of azide groups is 1. The first-order valence-electron chi connectivity index (χ1n) is 5.67. The van der Waals surface area contributed by atoms with Gasteiger partial charge in [-0.2, -0.15) is 4.52 Å². The molecule has 0 saturated heterocycles. The molecular weight excluding hydrogens is 264 g/mol. The topological polar surface area (TPSA) is 141 Å². The SMILES string of the molecule is CC(C)(C)c1nnc2c(NC=O)c(N=[N+]=[N-])[nH]n2c1=O. The fourth-order valence-corrected chi connectivity index (χ4v) is 1.70. The monoisotopic (exact) mass is 276 g/mol. The lowest BCUT2D eigenvalue weighted by Gasteiger charge is -2.15. The highest BCUT2D eigenvalue weighted by atomic mass is 16.1. The Morgan fingerprint density at radius 3 is 2.70 bits per heavy atom. The van der Waals surface area contributed by atoms with Crippen LogP contribution in [0.4, 0.5) is 11.5 Å². The van der Waals surface area contributed by atoms with Gasteiger partial charge in [-0.15, -0.1) is 10.2 Å². The summed E-state index contributed by atoms with van der Waals surface area (Å²) in [6, 6.07) is 0. The molecule has 2 aromatic rings. The molecular formula is C10H12N8O2. The van der Waals surface area contributed by atoms with E-state index in [1.54, 1.807) is 0 Å². The van der Waals surface area contributed by atoms with Crippen LogP contribution in [0, 0.1) is 0 Å². The number of rotatable bonds is 3. The Hall–Kier alpha value is -2.87. The predicted molar refractivity (Wildman–Crippen MR) is 70.8 cm³/mol. The quantitative estimate of drug-likeness (QED) is 0.376. The van der Waals surface area contributed by atoms with Gasteiger partial charge in [0.1, 0.15) is 17.2 Å². The van der Waals surface area contributed by atoms with E-state index in [1.807, 2.05) is 20.8 Å². The Kier molecular flexibility index (Phi) is 3.16. The second kappa shape index (κ2) is 4.67. The molecule has 104 valence electrons. The molecule has 2 N–H and O–H groups in total. The molecule has 0 aliphatic carbocycles. The molecule has 20 heavy (non-hydrogen) atoms. The molecule has 0 aliphatic heterocycles. The van der Waals surface area contributed by atoms with Crippen molar-refractivity contribution >= 4 is 23.6 Å². The second-order valence-corrected chi connectivity index (χ2v) is 5.05. The summed E-state index contributed by atoms with van der Waals surface area (Å²) in [4.78, 5) is 25.5. The summed E-state index contributed by atoms with van der Waals surface area (Å²) in [5, 5.41) is 16.1. The average molecular weight is 276 g/mol. The molecule has 10 heteroatoms. The highest BCUT2D eigenvalue weighted by molar-refractivity contribution is 5.87. The fraction of sp³-hybridized carbons (Fsp3) is 0.400. The lowest BCUT2D eigenvalue weighted by molar-refractivity contribution is -0.105. The van der Waals surface area contributed by atoms with Crippen LogP contribution in [0.25, 0.3) is 16.1 Å². The van der Waals surface area contributed by atoms with Gasteiger partial charge in [0.15, 0.2) is 0 Å². The molecule has 0 spiro atoms. The first kappa shape index (κ1) is 13.6. The molecule has 0 radical (unpaired) electrons. The standard InChI is InChI=1S/C10H12N8O2/c1-10(2,3)6-9(20)18-8(15-13-6)5(12-4-19)7(16-18)14-17-11/h4,16H,1-3H3,(H,12,19). The molecule has 0 aromatic carbocycles. The maximum absolute atomic E-state index is 12.3. The molecule has 0 aliphatic rings. The van der Waals surface area contributed by atoms with Gasteiger partial charge in [0.25, 0.3) is 5.56 Å². The van der Waals surface area contributed by atoms with Gasteiger partial charge in [0.2, 0.25) is 12.1 Å². The molecule has 0 saturated carbocycles. The van der Waals surface area contributed by atoms with Crippen molar-refractivity contribution in [3.05, 3.63) is 26.5 Å². The van der Waals surface area contributed by atoms with Gasteiger partial charge in [-0.25, -0.2) is 0 Å². The Labute approximate surface area is 112 Å². The van der Waals surface area contributed by atoms with Crippen LogP contribution in [0.1, 0.15) is 26.5 Å². The number of nitrogens with one attached hydrogen (secondary N) is 2. The molecule has 0 fully saturated rings. The average Bonchev–Trinajstić information content (AvgIpc) is 2.69. The first-order valence-corrected chi connectivity index (χ1v) is 5.67. The summed E-state index contributed by atoms with van der Waals surface area (Å²) in [7, 11) is 0. The minimum absolute atomic E-state index is 0.0166. The summed E-state index contributed by atoms with van der Waals surface area (Å²) in [6.45, 7) is 5.48. The normalized spacial score (nSPS) is 11.2. The largest absolute Gasteiger partial charge is 0.324 e. The smallest absolute Gasteiger partial charge is 0.295 e. The number of hydrogen-bond donors (Lipinski definition) is 2. The van der Waals surface area contributed by atoms with E-state index >= 15 is 0 Å². The molecule has 0 atom stereocenters. The lowest BCUT2D eigenvalue weighted by Crippen LogP contribution is -2.30. The lowest BCUT2D eigenvalue weighted by atomic mass is 9.93. The van der Waals surface area contributed by atoms with E-state index in [0.29, 0.717) is 6.41 Å². The zero-order valence-corrected chi connectivity index (χ0v) is 11.1. The van der Waals surface area contributed by atoms with Crippen LogP contribution in [0.15, 0.2) is 9.91 Å². The van der Waals surface area contributed by atoms with Crippen molar-refractivity contribution in [3.63, 3.8) is 0 Å². The highest BCUT2D eigenvalue weighted by Crippen LogP contribution is 2.26. The third kappa shape index (κ3) is 2.08. The summed E-state index contributed by atoms with van der Waals surface area (Å²) in [6.07, 6.45) is 0.392. The summed E-state index contributed by atoms with van der Waals surface area (Å²) >= 11 is 0. The van der Waals surface area contributed by atoms with Crippen LogP contribution in [-0.2, 0) is 10.2 Å². The Morgan fingerprint density at radius 1 is 1.45 bits per heavy atom. The molecule has 2 aromatic heterocycles. The third-order valence-electron chi connectivity index (χ3n) is 2.60. The van der Waals surface area contributed by atoms with E-state index in [1.165, 1.54) is 0 Å². The van der Waals surface area contributed by atoms with Crippen molar-refractivity contribution in [2.75, 3.05) is 5.32 Å². The van der Waals surface area contributed by atoms with Crippen molar-refractivity contribution in [3.8, 4) is 0 Å². The molecule has 2 heterocycles. The van der Waals surface area contributed by atoms with Gasteiger partial charge in [0.05, 0.1) is 0 Å². The number of nitrogens with zero attached hydrogens (tertiary/aromatic N) is 6. The Morgan fingerprint density at radius 2 is 2.15 bits per heavy atom. The van der Waals surface area contributed by atoms with Gasteiger partial charge >= 0.3 is 0 Å². The number of hydrogen-bond acceptors (Lipinski definition) is 5. The van der Waals surface area contributed by atoms with Gasteiger partial charge in [-0.05, 0) is 10.6 Å². The maximum atomic E-state index is 12.3. The van der Waals surface area contributed by atoms with Crippen LogP contribution in [-0.4, -0.2) is 26.2 Å². The van der Waals surface area contributed by atoms with E-state index in [9.17, 15) is 9.59 Å². The zero-order chi connectivity index (χ0) is 14.9. The first-order chi connectivity index (χ1) is 9.40. The van der Waals surface area contributed by atoms with E-state index in [-0.39, 0.29) is 22.8 Å². The molecule has 2 rings (SSSR count). The number of carbonyl (C=O) groups is 1. The molecule has 0 bridgehead atoms.